The molecule has 0 heterocycles. The molecule has 3 heteroatoms. The van der Waals surface area contributed by atoms with E-state index in [0.29, 0.717) is 6.54 Å². The molecule has 2 N–H and O–H groups in total. The third-order valence-corrected chi connectivity index (χ3v) is 1.35. The summed E-state index contributed by atoms with van der Waals surface area (Å²) < 4.78 is 0. The summed E-state index contributed by atoms with van der Waals surface area (Å²) >= 11 is 0. The maximum absolute atomic E-state index is 8.88. The molecule has 0 unspecified atom stereocenters. The van der Waals surface area contributed by atoms with E-state index in [4.69, 9.17) is 10.8 Å². The first-order valence-electron chi connectivity index (χ1n) is 3.25. The molecule has 0 fully saturated rings. The quantitative estimate of drug-likeness (QED) is 0.684. The molecule has 1 rings (SSSR count). The predicted molar refractivity (Wildman–Crippen MR) is 41.0 cm³/mol. The molecule has 11 heavy (non-hydrogen) atoms. The maximum Gasteiger partial charge on any atom is 1.00 e. The minimum atomic E-state index is 0. The SMILES string of the molecule is [NH-]CCc1ccc(O)cc1.[Rb+]. The second-order valence-electron chi connectivity index (χ2n) is 2.17. The molecule has 0 aliphatic heterocycles. The van der Waals surface area contributed by atoms with E-state index in [-0.39, 0.29) is 63.9 Å². The molecule has 0 aromatic heterocycles. The molecule has 0 saturated heterocycles. The fourth-order valence-electron chi connectivity index (χ4n) is 0.807. The molecule has 2 nitrogen and oxygen atoms in total. The van der Waals surface area contributed by atoms with Crippen LogP contribution in [0.2, 0.25) is 0 Å². The van der Waals surface area contributed by atoms with Crippen LogP contribution in [-0.4, -0.2) is 11.7 Å². The smallest absolute Gasteiger partial charge is 0.677 e. The van der Waals surface area contributed by atoms with Crippen molar-refractivity contribution >= 4 is 0 Å². The van der Waals surface area contributed by atoms with Gasteiger partial charge in [-0.3, -0.25) is 0 Å². The molecule has 0 radical (unpaired) electrons. The van der Waals surface area contributed by atoms with E-state index >= 15 is 0 Å². The summed E-state index contributed by atoms with van der Waals surface area (Å²) in [5.41, 5.74) is 8.04. The van der Waals surface area contributed by atoms with E-state index in [1.54, 1.807) is 12.1 Å². The zero-order valence-electron chi connectivity index (χ0n) is 6.67. The van der Waals surface area contributed by atoms with Gasteiger partial charge in [0.2, 0.25) is 0 Å². The molecule has 1 aromatic rings. The van der Waals surface area contributed by atoms with E-state index in [9.17, 15) is 0 Å². The van der Waals surface area contributed by atoms with Crippen molar-refractivity contribution in [3.05, 3.63) is 35.6 Å². The standard InChI is InChI=1S/C8H10NO.Rb/c9-6-5-7-1-3-8(10)4-2-7;/h1-4,9-10H,5-6H2;/q-1;+1. The second-order valence-corrected chi connectivity index (χ2v) is 2.17. The van der Waals surface area contributed by atoms with Crippen molar-refractivity contribution in [2.24, 2.45) is 0 Å². The van der Waals surface area contributed by atoms with E-state index in [1.165, 1.54) is 0 Å². The second kappa shape index (κ2) is 6.32. The third kappa shape index (κ3) is 4.38. The summed E-state index contributed by atoms with van der Waals surface area (Å²) in [6, 6.07) is 6.96. The Labute approximate surface area is 116 Å². The van der Waals surface area contributed by atoms with Gasteiger partial charge in [-0.2, -0.15) is 0 Å². The summed E-state index contributed by atoms with van der Waals surface area (Å²) in [5.74, 6) is 0.286. The first-order valence-corrected chi connectivity index (χ1v) is 3.25. The van der Waals surface area contributed by atoms with Gasteiger partial charge >= 0.3 is 58.2 Å². The van der Waals surface area contributed by atoms with Gasteiger partial charge in [-0.05, 0) is 24.1 Å². The zero-order chi connectivity index (χ0) is 7.40. The Morgan fingerprint density at radius 1 is 1.18 bits per heavy atom. The summed E-state index contributed by atoms with van der Waals surface area (Å²) in [5, 5.41) is 8.88. The van der Waals surface area contributed by atoms with Gasteiger partial charge in [0, 0.05) is 0 Å². The van der Waals surface area contributed by atoms with Crippen molar-refractivity contribution in [1.29, 1.82) is 0 Å². The molecule has 0 bridgehead atoms. The number of phenols is 1. The van der Waals surface area contributed by atoms with Crippen molar-refractivity contribution in [2.75, 3.05) is 6.54 Å². The first-order chi connectivity index (χ1) is 4.83. The van der Waals surface area contributed by atoms with E-state index in [1.807, 2.05) is 12.1 Å². The molecule has 1 aromatic carbocycles. The monoisotopic (exact) mass is 221 g/mol. The minimum absolute atomic E-state index is 0. The Bertz CT molecular complexity index is 198. The van der Waals surface area contributed by atoms with Gasteiger partial charge in [-0.25, -0.2) is 0 Å². The number of nitrogens with one attached hydrogen (secondary N) is 1. The largest absolute Gasteiger partial charge is 1.00 e. The van der Waals surface area contributed by atoms with Crippen LogP contribution in [0.3, 0.4) is 0 Å². The van der Waals surface area contributed by atoms with Crippen molar-refractivity contribution in [3.63, 3.8) is 0 Å². The molecule has 0 spiro atoms. The Kier molecular flexibility index (Phi) is 6.77. The van der Waals surface area contributed by atoms with Gasteiger partial charge in [0.15, 0.2) is 0 Å². The summed E-state index contributed by atoms with van der Waals surface area (Å²) in [4.78, 5) is 0. The van der Waals surface area contributed by atoms with Crippen LogP contribution in [-0.2, 0) is 6.42 Å². The Morgan fingerprint density at radius 2 is 1.73 bits per heavy atom. The summed E-state index contributed by atoms with van der Waals surface area (Å²) in [7, 11) is 0. The Hall–Kier alpha value is 0.785. The summed E-state index contributed by atoms with van der Waals surface area (Å²) in [6.45, 7) is 0.408. The van der Waals surface area contributed by atoms with Crippen molar-refractivity contribution in [1.82, 2.24) is 0 Å². The van der Waals surface area contributed by atoms with Gasteiger partial charge in [-0.15, -0.1) is 6.54 Å². The van der Waals surface area contributed by atoms with Crippen LogP contribution in [0.1, 0.15) is 5.56 Å². The molecule has 0 aliphatic carbocycles. The maximum atomic E-state index is 8.88. The third-order valence-electron chi connectivity index (χ3n) is 1.35. The molecule has 0 atom stereocenters. The molecule has 0 amide bonds. The van der Waals surface area contributed by atoms with Gasteiger partial charge in [0.1, 0.15) is 5.75 Å². The van der Waals surface area contributed by atoms with E-state index in [0.717, 1.165) is 12.0 Å². The van der Waals surface area contributed by atoms with Crippen molar-refractivity contribution < 1.29 is 63.3 Å². The van der Waals surface area contributed by atoms with Crippen LogP contribution in [0, 0.1) is 0 Å². The van der Waals surface area contributed by atoms with Gasteiger partial charge in [0.05, 0.1) is 0 Å². The number of phenolic OH excluding ortho intramolecular Hbond substituents is 1. The Morgan fingerprint density at radius 3 is 2.18 bits per heavy atom. The Balaban J connectivity index is 0.000001000. The molecular formula is C8H10NORb. The first kappa shape index (κ1) is 11.8. The number of benzene rings is 1. The number of rotatable bonds is 2. The van der Waals surface area contributed by atoms with Gasteiger partial charge in [-0.1, -0.05) is 12.1 Å². The van der Waals surface area contributed by atoms with Crippen molar-refractivity contribution in [3.8, 4) is 5.75 Å². The van der Waals surface area contributed by atoms with Crippen LogP contribution < -0.4 is 58.2 Å². The van der Waals surface area contributed by atoms with E-state index < -0.39 is 0 Å². The van der Waals surface area contributed by atoms with Gasteiger partial charge < -0.3 is 10.8 Å². The number of aromatic hydroxyl groups is 1. The van der Waals surface area contributed by atoms with Crippen LogP contribution >= 0.6 is 0 Å². The van der Waals surface area contributed by atoms with E-state index in [2.05, 4.69) is 0 Å². The van der Waals surface area contributed by atoms with Crippen LogP contribution in [0.4, 0.5) is 0 Å². The number of hydrogen-bond donors (Lipinski definition) is 1. The van der Waals surface area contributed by atoms with Crippen molar-refractivity contribution in [2.45, 2.75) is 6.42 Å². The van der Waals surface area contributed by atoms with Gasteiger partial charge in [0.25, 0.3) is 0 Å². The molecule has 0 aliphatic rings. The summed E-state index contributed by atoms with van der Waals surface area (Å²) in [6.07, 6.45) is 0.764. The fourth-order valence-corrected chi connectivity index (χ4v) is 0.807. The van der Waals surface area contributed by atoms with Crippen LogP contribution in [0.25, 0.3) is 5.73 Å². The predicted octanol–water partition coefficient (Wildman–Crippen LogP) is -1.01. The average Bonchev–Trinajstić information content (AvgIpc) is 1.95. The van der Waals surface area contributed by atoms with Crippen LogP contribution in [0.15, 0.2) is 24.3 Å². The van der Waals surface area contributed by atoms with Crippen LogP contribution in [0.5, 0.6) is 5.75 Å². The average molecular weight is 222 g/mol. The molecule has 0 saturated carbocycles. The normalized spacial score (nSPS) is 8.82. The fraction of sp³-hybridized carbons (Fsp3) is 0.250. The number of hydrogen-bond acceptors (Lipinski definition) is 1. The zero-order valence-corrected chi connectivity index (χ0v) is 11.6. The molecular weight excluding hydrogens is 212 g/mol. The molecule has 54 valence electrons. The minimum Gasteiger partial charge on any atom is -0.677 e. The topological polar surface area (TPSA) is 44.0 Å².